The quantitative estimate of drug-likeness (QED) is 0.616. The van der Waals surface area contributed by atoms with E-state index in [-0.39, 0.29) is 0 Å². The van der Waals surface area contributed by atoms with Gasteiger partial charge in [-0.2, -0.15) is 5.10 Å². The van der Waals surface area contributed by atoms with Crippen LogP contribution in [0.4, 0.5) is 0 Å². The maximum Gasteiger partial charge on any atom is 0.191 e. The Labute approximate surface area is 131 Å². The smallest absolute Gasteiger partial charge is 0.191 e. The predicted octanol–water partition coefficient (Wildman–Crippen LogP) is 0.989. The van der Waals surface area contributed by atoms with Crippen molar-refractivity contribution < 1.29 is 0 Å². The zero-order chi connectivity index (χ0) is 15.9. The first kappa shape index (κ1) is 16.1. The van der Waals surface area contributed by atoms with Crippen molar-refractivity contribution in [3.05, 3.63) is 35.7 Å². The number of hydrogen-bond acceptors (Lipinski definition) is 3. The first-order valence-electron chi connectivity index (χ1n) is 7.58. The van der Waals surface area contributed by atoms with E-state index in [0.29, 0.717) is 6.54 Å². The number of imidazole rings is 1. The molecule has 2 rings (SSSR count). The highest BCUT2D eigenvalue weighted by atomic mass is 15.3. The van der Waals surface area contributed by atoms with Gasteiger partial charge in [-0.25, -0.2) is 9.98 Å². The summed E-state index contributed by atoms with van der Waals surface area (Å²) in [5.41, 5.74) is 3.39. The van der Waals surface area contributed by atoms with Crippen molar-refractivity contribution in [3.63, 3.8) is 0 Å². The molecule has 2 heterocycles. The van der Waals surface area contributed by atoms with E-state index in [1.807, 2.05) is 35.7 Å². The summed E-state index contributed by atoms with van der Waals surface area (Å²) in [5, 5.41) is 11.0. The van der Waals surface area contributed by atoms with Crippen molar-refractivity contribution in [2.75, 3.05) is 13.1 Å². The molecule has 7 heteroatoms. The Balaban J connectivity index is 1.94. The Morgan fingerprint density at radius 2 is 2.14 bits per heavy atom. The molecule has 0 fully saturated rings. The van der Waals surface area contributed by atoms with Gasteiger partial charge in [-0.3, -0.25) is 4.68 Å². The van der Waals surface area contributed by atoms with Gasteiger partial charge in [0.25, 0.3) is 0 Å². The molecule has 0 bridgehead atoms. The van der Waals surface area contributed by atoms with E-state index in [9.17, 15) is 0 Å². The molecule has 0 unspecified atom stereocenters. The molecule has 0 saturated carbocycles. The molecule has 0 aliphatic heterocycles. The molecule has 0 amide bonds. The third kappa shape index (κ3) is 4.09. The van der Waals surface area contributed by atoms with E-state index < -0.39 is 0 Å². The number of rotatable bonds is 6. The molecule has 120 valence electrons. The number of aromatic nitrogens is 4. The summed E-state index contributed by atoms with van der Waals surface area (Å²) >= 11 is 0. The van der Waals surface area contributed by atoms with Gasteiger partial charge in [0.15, 0.2) is 5.96 Å². The second-order valence-corrected chi connectivity index (χ2v) is 5.20. The van der Waals surface area contributed by atoms with Gasteiger partial charge in [0.1, 0.15) is 0 Å². The number of aliphatic imine (C=N–C) groups is 1. The van der Waals surface area contributed by atoms with Crippen molar-refractivity contribution in [1.82, 2.24) is 30.0 Å². The van der Waals surface area contributed by atoms with Crippen molar-refractivity contribution >= 4 is 5.96 Å². The number of guanidine groups is 1. The fourth-order valence-electron chi connectivity index (χ4n) is 2.27. The molecule has 0 aliphatic carbocycles. The first-order valence-corrected chi connectivity index (χ1v) is 7.58. The molecule has 2 aromatic heterocycles. The van der Waals surface area contributed by atoms with Crippen molar-refractivity contribution in [1.29, 1.82) is 0 Å². The highest BCUT2D eigenvalue weighted by Crippen LogP contribution is 2.12. The third-order valence-electron chi connectivity index (χ3n) is 3.62. The number of aryl methyl sites for hydroxylation is 2. The minimum absolute atomic E-state index is 0.631. The highest BCUT2D eigenvalue weighted by molar-refractivity contribution is 5.79. The van der Waals surface area contributed by atoms with E-state index in [2.05, 4.69) is 39.6 Å². The van der Waals surface area contributed by atoms with Crippen LogP contribution in [-0.4, -0.2) is 38.4 Å². The summed E-state index contributed by atoms with van der Waals surface area (Å²) in [4.78, 5) is 8.69. The second kappa shape index (κ2) is 7.63. The van der Waals surface area contributed by atoms with Crippen molar-refractivity contribution in [2.24, 2.45) is 12.0 Å². The van der Waals surface area contributed by atoms with E-state index in [1.165, 1.54) is 5.56 Å². The lowest BCUT2D eigenvalue weighted by molar-refractivity contribution is 0.662. The number of nitrogens with zero attached hydrogens (tertiary/aromatic N) is 5. The largest absolute Gasteiger partial charge is 0.357 e. The molecular formula is C15H25N7. The normalized spacial score (nSPS) is 11.7. The van der Waals surface area contributed by atoms with Gasteiger partial charge in [0, 0.05) is 50.3 Å². The lowest BCUT2D eigenvalue weighted by Crippen LogP contribution is -2.38. The van der Waals surface area contributed by atoms with Crippen LogP contribution in [0, 0.1) is 13.8 Å². The van der Waals surface area contributed by atoms with Gasteiger partial charge < -0.3 is 15.2 Å². The van der Waals surface area contributed by atoms with E-state index in [1.54, 1.807) is 6.20 Å². The van der Waals surface area contributed by atoms with E-state index in [0.717, 1.165) is 37.0 Å². The Hall–Kier alpha value is -2.31. The summed E-state index contributed by atoms with van der Waals surface area (Å²) in [6.45, 7) is 9.28. The molecule has 7 nitrogen and oxygen atoms in total. The van der Waals surface area contributed by atoms with Crippen LogP contribution in [0.15, 0.2) is 23.7 Å². The fraction of sp³-hybridized carbons (Fsp3) is 0.533. The third-order valence-corrected chi connectivity index (χ3v) is 3.62. The minimum Gasteiger partial charge on any atom is -0.357 e. The molecule has 2 N–H and O–H groups in total. The molecule has 0 aliphatic rings. The van der Waals surface area contributed by atoms with Crippen LogP contribution in [0.3, 0.4) is 0 Å². The summed E-state index contributed by atoms with van der Waals surface area (Å²) in [6, 6.07) is 0. The van der Waals surface area contributed by atoms with Gasteiger partial charge in [-0.1, -0.05) is 0 Å². The molecule has 0 aromatic carbocycles. The standard InChI is InChI=1S/C15H25N7/c1-5-17-15(18-7-9-22-8-6-16-11-22)19-10-14-12(2)20-21(4)13(14)3/h6,8,11H,5,7,9-10H2,1-4H3,(H2,17,18,19). The topological polar surface area (TPSA) is 72.1 Å². The Morgan fingerprint density at radius 1 is 1.32 bits per heavy atom. The minimum atomic E-state index is 0.631. The van der Waals surface area contributed by atoms with Crippen LogP contribution in [0.1, 0.15) is 23.9 Å². The van der Waals surface area contributed by atoms with E-state index in [4.69, 9.17) is 0 Å². The number of hydrogen-bond donors (Lipinski definition) is 2. The van der Waals surface area contributed by atoms with Gasteiger partial charge in [0.05, 0.1) is 18.6 Å². The highest BCUT2D eigenvalue weighted by Gasteiger charge is 2.08. The average molecular weight is 303 g/mol. The zero-order valence-electron chi connectivity index (χ0n) is 13.8. The van der Waals surface area contributed by atoms with Gasteiger partial charge >= 0.3 is 0 Å². The Bertz CT molecular complexity index is 610. The molecule has 0 saturated heterocycles. The summed E-state index contributed by atoms with van der Waals surface area (Å²) < 4.78 is 3.94. The second-order valence-electron chi connectivity index (χ2n) is 5.20. The molecule has 2 aromatic rings. The predicted molar refractivity (Wildman–Crippen MR) is 87.7 cm³/mol. The first-order chi connectivity index (χ1) is 10.6. The van der Waals surface area contributed by atoms with Gasteiger partial charge in [-0.15, -0.1) is 0 Å². The van der Waals surface area contributed by atoms with Crippen LogP contribution < -0.4 is 10.6 Å². The molecule has 0 atom stereocenters. The molecule has 0 spiro atoms. The Morgan fingerprint density at radius 3 is 2.73 bits per heavy atom. The molecule has 0 radical (unpaired) electrons. The van der Waals surface area contributed by atoms with Crippen LogP contribution in [0.2, 0.25) is 0 Å². The van der Waals surface area contributed by atoms with Crippen LogP contribution >= 0.6 is 0 Å². The van der Waals surface area contributed by atoms with E-state index >= 15 is 0 Å². The monoisotopic (exact) mass is 303 g/mol. The maximum absolute atomic E-state index is 4.65. The molecular weight excluding hydrogens is 278 g/mol. The van der Waals surface area contributed by atoms with Crippen molar-refractivity contribution in [2.45, 2.75) is 33.9 Å². The summed E-state index contributed by atoms with van der Waals surface area (Å²) in [5.74, 6) is 0.824. The summed E-state index contributed by atoms with van der Waals surface area (Å²) in [7, 11) is 1.96. The zero-order valence-corrected chi connectivity index (χ0v) is 13.8. The Kier molecular flexibility index (Phi) is 5.57. The van der Waals surface area contributed by atoms with Gasteiger partial charge in [0.2, 0.25) is 0 Å². The maximum atomic E-state index is 4.65. The fourth-order valence-corrected chi connectivity index (χ4v) is 2.27. The average Bonchev–Trinajstić information content (AvgIpc) is 3.07. The van der Waals surface area contributed by atoms with Crippen LogP contribution in [0.25, 0.3) is 0 Å². The lowest BCUT2D eigenvalue weighted by Gasteiger charge is -2.11. The summed E-state index contributed by atoms with van der Waals surface area (Å²) in [6.07, 6.45) is 5.55. The lowest BCUT2D eigenvalue weighted by atomic mass is 10.2. The molecule has 22 heavy (non-hydrogen) atoms. The van der Waals surface area contributed by atoms with Crippen molar-refractivity contribution in [3.8, 4) is 0 Å². The van der Waals surface area contributed by atoms with Crippen LogP contribution in [-0.2, 0) is 20.1 Å². The number of nitrogens with one attached hydrogen (secondary N) is 2. The van der Waals surface area contributed by atoms with Crippen LogP contribution in [0.5, 0.6) is 0 Å². The SMILES string of the molecule is CCNC(=NCc1c(C)nn(C)c1C)NCCn1ccnc1. The van der Waals surface area contributed by atoms with Gasteiger partial charge in [-0.05, 0) is 20.8 Å².